The molecule has 1 aromatic heterocycles. The molecule has 0 fully saturated rings. The standard InChI is InChI=1S/C18H22N2O2S/c1-11-5-7-12(8-6-11)13-9-15-16(10-14(13)17(21)22-4)23-18(19-15)20(2)3/h5-8,13-14H,9-10H2,1-4H3/t13-,14+/m0/s1. The molecule has 1 aromatic carbocycles. The maximum atomic E-state index is 12.3. The van der Waals surface area contributed by atoms with Crippen LogP contribution in [0, 0.1) is 12.8 Å². The number of methoxy groups -OCH3 is 1. The SMILES string of the molecule is COC(=O)[C@@H]1Cc2sc(N(C)C)nc2C[C@H]1c1ccc(C)cc1. The van der Waals surface area contributed by atoms with Gasteiger partial charge in [0, 0.05) is 24.9 Å². The number of benzene rings is 1. The van der Waals surface area contributed by atoms with Crippen LogP contribution in [0.2, 0.25) is 0 Å². The third kappa shape index (κ3) is 3.11. The third-order valence-corrected chi connectivity index (χ3v) is 5.75. The predicted molar refractivity (Wildman–Crippen MR) is 93.3 cm³/mol. The van der Waals surface area contributed by atoms with E-state index in [9.17, 15) is 4.79 Å². The molecule has 2 aromatic rings. The molecular weight excluding hydrogens is 308 g/mol. The number of anilines is 1. The zero-order valence-electron chi connectivity index (χ0n) is 14.0. The van der Waals surface area contributed by atoms with Gasteiger partial charge in [-0.25, -0.2) is 4.98 Å². The number of nitrogens with zero attached hydrogens (tertiary/aromatic N) is 2. The molecule has 0 amide bonds. The van der Waals surface area contributed by atoms with Gasteiger partial charge in [0.25, 0.3) is 0 Å². The number of aromatic nitrogens is 1. The van der Waals surface area contributed by atoms with Gasteiger partial charge in [-0.2, -0.15) is 0 Å². The van der Waals surface area contributed by atoms with Gasteiger partial charge in [-0.3, -0.25) is 4.79 Å². The van der Waals surface area contributed by atoms with Crippen molar-refractivity contribution in [2.75, 3.05) is 26.1 Å². The number of fused-ring (bicyclic) bond motifs is 1. The first-order valence-corrected chi connectivity index (χ1v) is 8.61. The Morgan fingerprint density at radius 2 is 1.96 bits per heavy atom. The lowest BCUT2D eigenvalue weighted by molar-refractivity contribution is -0.146. The van der Waals surface area contributed by atoms with E-state index < -0.39 is 0 Å². The average Bonchev–Trinajstić information content (AvgIpc) is 2.97. The fourth-order valence-electron chi connectivity index (χ4n) is 3.14. The molecule has 0 aliphatic heterocycles. The Morgan fingerprint density at radius 1 is 1.26 bits per heavy atom. The van der Waals surface area contributed by atoms with E-state index in [4.69, 9.17) is 9.72 Å². The lowest BCUT2D eigenvalue weighted by Gasteiger charge is -2.29. The van der Waals surface area contributed by atoms with Gasteiger partial charge in [0.05, 0.1) is 18.7 Å². The molecule has 0 spiro atoms. The van der Waals surface area contributed by atoms with Crippen LogP contribution in [0.25, 0.3) is 0 Å². The largest absolute Gasteiger partial charge is 0.469 e. The fraction of sp³-hybridized carbons (Fsp3) is 0.444. The van der Waals surface area contributed by atoms with Crippen LogP contribution in [0.3, 0.4) is 0 Å². The van der Waals surface area contributed by atoms with E-state index in [2.05, 4.69) is 31.2 Å². The van der Waals surface area contributed by atoms with Crippen LogP contribution in [0.1, 0.15) is 27.6 Å². The molecule has 0 radical (unpaired) electrons. The van der Waals surface area contributed by atoms with Crippen molar-refractivity contribution in [2.24, 2.45) is 5.92 Å². The predicted octanol–water partition coefficient (Wildman–Crippen LogP) is 3.19. The van der Waals surface area contributed by atoms with Gasteiger partial charge in [0.15, 0.2) is 5.13 Å². The monoisotopic (exact) mass is 330 g/mol. The van der Waals surface area contributed by atoms with Crippen molar-refractivity contribution < 1.29 is 9.53 Å². The molecular formula is C18H22N2O2S. The molecule has 1 aliphatic carbocycles. The average molecular weight is 330 g/mol. The highest BCUT2D eigenvalue weighted by molar-refractivity contribution is 7.15. The second kappa shape index (κ2) is 6.32. The highest BCUT2D eigenvalue weighted by Crippen LogP contribution is 2.41. The highest BCUT2D eigenvalue weighted by atomic mass is 32.1. The summed E-state index contributed by atoms with van der Waals surface area (Å²) in [6.45, 7) is 2.07. The molecule has 0 saturated heterocycles. The number of ether oxygens (including phenoxy) is 1. The van der Waals surface area contributed by atoms with E-state index in [0.717, 1.165) is 17.2 Å². The number of carbonyl (C=O) groups is 1. The summed E-state index contributed by atoms with van der Waals surface area (Å²) >= 11 is 1.68. The summed E-state index contributed by atoms with van der Waals surface area (Å²) in [6.07, 6.45) is 1.51. The van der Waals surface area contributed by atoms with Crippen molar-refractivity contribution in [1.82, 2.24) is 4.98 Å². The van der Waals surface area contributed by atoms with Gasteiger partial charge in [-0.05, 0) is 25.3 Å². The topological polar surface area (TPSA) is 42.4 Å². The van der Waals surface area contributed by atoms with Crippen LogP contribution >= 0.6 is 11.3 Å². The van der Waals surface area contributed by atoms with Crippen molar-refractivity contribution in [3.8, 4) is 0 Å². The Kier molecular flexibility index (Phi) is 4.39. The van der Waals surface area contributed by atoms with Crippen LogP contribution < -0.4 is 4.90 Å². The zero-order valence-corrected chi connectivity index (χ0v) is 14.8. The van der Waals surface area contributed by atoms with Crippen molar-refractivity contribution in [2.45, 2.75) is 25.7 Å². The maximum absolute atomic E-state index is 12.3. The number of hydrogen-bond acceptors (Lipinski definition) is 5. The Bertz CT molecular complexity index is 706. The smallest absolute Gasteiger partial charge is 0.309 e. The van der Waals surface area contributed by atoms with Gasteiger partial charge >= 0.3 is 5.97 Å². The number of rotatable bonds is 3. The van der Waals surface area contributed by atoms with Crippen molar-refractivity contribution in [3.63, 3.8) is 0 Å². The summed E-state index contributed by atoms with van der Waals surface area (Å²) in [5.41, 5.74) is 3.55. The molecule has 23 heavy (non-hydrogen) atoms. The van der Waals surface area contributed by atoms with E-state index in [1.54, 1.807) is 11.3 Å². The second-order valence-corrected chi connectivity index (χ2v) is 7.38. The quantitative estimate of drug-likeness (QED) is 0.811. The number of carbonyl (C=O) groups excluding carboxylic acids is 1. The van der Waals surface area contributed by atoms with Gasteiger partial charge in [0.2, 0.25) is 0 Å². The lowest BCUT2D eigenvalue weighted by atomic mass is 9.76. The molecule has 1 heterocycles. The summed E-state index contributed by atoms with van der Waals surface area (Å²) in [6, 6.07) is 8.46. The normalized spacial score (nSPS) is 20.0. The summed E-state index contributed by atoms with van der Waals surface area (Å²) in [4.78, 5) is 20.3. The Hall–Kier alpha value is -1.88. The first-order chi connectivity index (χ1) is 11.0. The van der Waals surface area contributed by atoms with Gasteiger partial charge in [-0.15, -0.1) is 11.3 Å². The number of esters is 1. The van der Waals surface area contributed by atoms with E-state index >= 15 is 0 Å². The van der Waals surface area contributed by atoms with Crippen molar-refractivity contribution in [3.05, 3.63) is 46.0 Å². The van der Waals surface area contributed by atoms with E-state index in [1.807, 2.05) is 19.0 Å². The molecule has 5 heteroatoms. The minimum atomic E-state index is -0.134. The summed E-state index contributed by atoms with van der Waals surface area (Å²) in [5, 5.41) is 1.00. The second-order valence-electron chi connectivity index (χ2n) is 6.32. The van der Waals surface area contributed by atoms with Gasteiger partial charge < -0.3 is 9.64 Å². The molecule has 0 saturated carbocycles. The van der Waals surface area contributed by atoms with Crippen LogP contribution in [0.15, 0.2) is 24.3 Å². The molecule has 4 nitrogen and oxygen atoms in total. The first-order valence-electron chi connectivity index (χ1n) is 7.80. The summed E-state index contributed by atoms with van der Waals surface area (Å²) in [5.74, 6) is -0.126. The Balaban J connectivity index is 1.98. The minimum absolute atomic E-state index is 0.124. The third-order valence-electron chi connectivity index (χ3n) is 4.46. The highest BCUT2D eigenvalue weighted by Gasteiger charge is 2.37. The molecule has 0 unspecified atom stereocenters. The summed E-state index contributed by atoms with van der Waals surface area (Å²) < 4.78 is 5.07. The number of hydrogen-bond donors (Lipinski definition) is 0. The number of thiazole rings is 1. The summed E-state index contributed by atoms with van der Waals surface area (Å²) in [7, 11) is 5.47. The first kappa shape index (κ1) is 16.0. The molecule has 3 rings (SSSR count). The fourth-order valence-corrected chi connectivity index (χ4v) is 4.20. The van der Waals surface area contributed by atoms with Crippen LogP contribution in [0.4, 0.5) is 5.13 Å². The van der Waals surface area contributed by atoms with Crippen LogP contribution in [-0.2, 0) is 22.4 Å². The molecule has 2 atom stereocenters. The van der Waals surface area contributed by atoms with Crippen molar-refractivity contribution >= 4 is 22.4 Å². The van der Waals surface area contributed by atoms with Gasteiger partial charge in [-0.1, -0.05) is 29.8 Å². The molecule has 0 N–H and O–H groups in total. The van der Waals surface area contributed by atoms with E-state index in [-0.39, 0.29) is 17.8 Å². The Labute approximate surface area is 141 Å². The van der Waals surface area contributed by atoms with Crippen LogP contribution in [-0.4, -0.2) is 32.2 Å². The van der Waals surface area contributed by atoms with E-state index in [0.29, 0.717) is 6.42 Å². The molecule has 0 bridgehead atoms. The zero-order chi connectivity index (χ0) is 16.6. The number of aryl methyl sites for hydroxylation is 1. The minimum Gasteiger partial charge on any atom is -0.469 e. The lowest BCUT2D eigenvalue weighted by Crippen LogP contribution is -2.30. The Morgan fingerprint density at radius 3 is 2.57 bits per heavy atom. The molecule has 122 valence electrons. The van der Waals surface area contributed by atoms with Gasteiger partial charge in [0.1, 0.15) is 0 Å². The maximum Gasteiger partial charge on any atom is 0.309 e. The van der Waals surface area contributed by atoms with E-state index in [1.165, 1.54) is 23.1 Å². The van der Waals surface area contributed by atoms with Crippen LogP contribution in [0.5, 0.6) is 0 Å². The van der Waals surface area contributed by atoms with Crippen molar-refractivity contribution in [1.29, 1.82) is 0 Å². The molecule has 1 aliphatic rings.